The normalized spacial score (nSPS) is 11.2. The van der Waals surface area contributed by atoms with Crippen LogP contribution in [0.1, 0.15) is 24.7 Å². The number of aliphatic imine (C=N–C) groups is 1. The van der Waals surface area contributed by atoms with Crippen LogP contribution >= 0.6 is 0 Å². The summed E-state index contributed by atoms with van der Waals surface area (Å²) in [6, 6.07) is 15.3. The summed E-state index contributed by atoms with van der Waals surface area (Å²) in [4.78, 5) is 21.2. The van der Waals surface area contributed by atoms with Crippen molar-refractivity contribution < 1.29 is 4.79 Å². The highest BCUT2D eigenvalue weighted by molar-refractivity contribution is 5.94. The quantitative estimate of drug-likeness (QED) is 0.228. The third-order valence-electron chi connectivity index (χ3n) is 4.73. The van der Waals surface area contributed by atoms with E-state index in [1.165, 1.54) is 0 Å². The highest BCUT2D eigenvalue weighted by Crippen LogP contribution is 2.15. The molecular formula is C24H28N6O. The average Bonchev–Trinajstić information content (AvgIpc) is 3.10. The lowest BCUT2D eigenvalue weighted by molar-refractivity contribution is -0.114. The fourth-order valence-electron chi connectivity index (χ4n) is 3.30. The Kier molecular flexibility index (Phi) is 7.66. The van der Waals surface area contributed by atoms with Gasteiger partial charge in [-0.25, -0.2) is 9.98 Å². The zero-order chi connectivity index (χ0) is 22.1. The molecule has 31 heavy (non-hydrogen) atoms. The molecule has 0 atom stereocenters. The number of benzene rings is 2. The van der Waals surface area contributed by atoms with E-state index in [9.17, 15) is 4.79 Å². The van der Waals surface area contributed by atoms with Crippen LogP contribution in [0.4, 0.5) is 5.69 Å². The number of nitrogens with one attached hydrogen (secondary N) is 3. The molecule has 3 rings (SSSR count). The van der Waals surface area contributed by atoms with Crippen LogP contribution in [0.25, 0.3) is 11.0 Å². The Morgan fingerprint density at radius 2 is 2.03 bits per heavy atom. The zero-order valence-corrected chi connectivity index (χ0v) is 18.0. The Bertz CT molecular complexity index is 1110. The number of fused-ring (bicyclic) bond motifs is 1. The van der Waals surface area contributed by atoms with Crippen molar-refractivity contribution in [3.05, 3.63) is 59.9 Å². The Labute approximate surface area is 183 Å². The summed E-state index contributed by atoms with van der Waals surface area (Å²) in [7, 11) is 0. The Morgan fingerprint density at radius 3 is 2.84 bits per heavy atom. The summed E-state index contributed by atoms with van der Waals surface area (Å²) in [6.45, 7) is 6.32. The zero-order valence-electron chi connectivity index (χ0n) is 18.0. The predicted octanol–water partition coefficient (Wildman–Crippen LogP) is 2.91. The van der Waals surface area contributed by atoms with Gasteiger partial charge in [0.25, 0.3) is 0 Å². The van der Waals surface area contributed by atoms with Gasteiger partial charge in [0.05, 0.1) is 11.0 Å². The van der Waals surface area contributed by atoms with Crippen LogP contribution in [0.2, 0.25) is 0 Å². The van der Waals surface area contributed by atoms with Gasteiger partial charge in [0.2, 0.25) is 5.91 Å². The Morgan fingerprint density at radius 1 is 1.19 bits per heavy atom. The largest absolute Gasteiger partial charge is 0.357 e. The number of aryl methyl sites for hydroxylation is 2. The minimum Gasteiger partial charge on any atom is -0.357 e. The predicted molar refractivity (Wildman–Crippen MR) is 126 cm³/mol. The highest BCUT2D eigenvalue weighted by Gasteiger charge is 2.07. The molecule has 1 aromatic heterocycles. The monoisotopic (exact) mass is 416 g/mol. The maximum absolute atomic E-state index is 12.2. The summed E-state index contributed by atoms with van der Waals surface area (Å²) < 4.78 is 2.22. The molecule has 2 aromatic carbocycles. The van der Waals surface area contributed by atoms with Crippen LogP contribution in [-0.4, -0.2) is 41.1 Å². The van der Waals surface area contributed by atoms with E-state index in [4.69, 9.17) is 6.42 Å². The standard InChI is InChI=1S/C24H28N6O/c1-4-19-10-8-11-20(16-19)29-23(31)17-27-24(25-5-2)26-14-9-15-30-18(3)28-21-12-6-7-13-22(21)30/h1,6-8,10-13,16H,5,9,14-15,17H2,2-3H3,(H,29,31)(H2,25,26,27). The molecule has 0 fully saturated rings. The van der Waals surface area contributed by atoms with Crippen molar-refractivity contribution in [3.63, 3.8) is 0 Å². The molecule has 160 valence electrons. The molecule has 0 bridgehead atoms. The number of aromatic nitrogens is 2. The Hall–Kier alpha value is -3.79. The first kappa shape index (κ1) is 21.9. The van der Waals surface area contributed by atoms with Crippen molar-refractivity contribution in [1.82, 2.24) is 20.2 Å². The molecule has 0 radical (unpaired) electrons. The lowest BCUT2D eigenvalue weighted by Crippen LogP contribution is -2.38. The first-order valence-electron chi connectivity index (χ1n) is 10.4. The summed E-state index contributed by atoms with van der Waals surface area (Å²) in [6.07, 6.45) is 6.30. The van der Waals surface area contributed by atoms with E-state index in [-0.39, 0.29) is 12.5 Å². The van der Waals surface area contributed by atoms with Gasteiger partial charge in [-0.2, -0.15) is 0 Å². The molecule has 0 aliphatic rings. The van der Waals surface area contributed by atoms with Gasteiger partial charge in [-0.15, -0.1) is 6.42 Å². The fraction of sp³-hybridized carbons (Fsp3) is 0.292. The minimum absolute atomic E-state index is 0.0148. The number of hydrogen-bond acceptors (Lipinski definition) is 3. The number of hydrogen-bond donors (Lipinski definition) is 3. The molecule has 7 nitrogen and oxygen atoms in total. The topological polar surface area (TPSA) is 83.3 Å². The number of carbonyl (C=O) groups is 1. The number of anilines is 1. The van der Waals surface area contributed by atoms with E-state index in [0.717, 1.165) is 41.9 Å². The van der Waals surface area contributed by atoms with Gasteiger partial charge in [-0.3, -0.25) is 4.79 Å². The number of carbonyl (C=O) groups excluding carboxylic acids is 1. The van der Waals surface area contributed by atoms with Crippen molar-refractivity contribution in [1.29, 1.82) is 0 Å². The van der Waals surface area contributed by atoms with E-state index in [2.05, 4.69) is 42.5 Å². The van der Waals surface area contributed by atoms with Crippen molar-refractivity contribution in [3.8, 4) is 12.3 Å². The van der Waals surface area contributed by atoms with Gasteiger partial charge in [-0.05, 0) is 50.6 Å². The van der Waals surface area contributed by atoms with Crippen LogP contribution in [-0.2, 0) is 11.3 Å². The summed E-state index contributed by atoms with van der Waals surface area (Å²) in [5, 5.41) is 9.27. The minimum atomic E-state index is -0.202. The summed E-state index contributed by atoms with van der Waals surface area (Å²) in [5.74, 6) is 3.97. The molecule has 1 heterocycles. The second-order valence-corrected chi connectivity index (χ2v) is 7.05. The molecule has 7 heteroatoms. The van der Waals surface area contributed by atoms with E-state index in [1.54, 1.807) is 12.1 Å². The van der Waals surface area contributed by atoms with Gasteiger partial charge in [0, 0.05) is 30.9 Å². The Balaban J connectivity index is 1.50. The molecule has 0 aliphatic heterocycles. The third kappa shape index (κ3) is 6.09. The summed E-state index contributed by atoms with van der Waals surface area (Å²) >= 11 is 0. The molecule has 0 unspecified atom stereocenters. The second-order valence-electron chi connectivity index (χ2n) is 7.05. The fourth-order valence-corrected chi connectivity index (χ4v) is 3.30. The maximum Gasteiger partial charge on any atom is 0.246 e. The molecule has 3 N–H and O–H groups in total. The lowest BCUT2D eigenvalue weighted by Gasteiger charge is -2.12. The number of guanidine groups is 1. The van der Waals surface area contributed by atoms with E-state index in [0.29, 0.717) is 18.2 Å². The van der Waals surface area contributed by atoms with Gasteiger partial charge >= 0.3 is 0 Å². The van der Waals surface area contributed by atoms with Gasteiger partial charge in [0.15, 0.2) is 5.96 Å². The molecule has 3 aromatic rings. The van der Waals surface area contributed by atoms with Crippen LogP contribution in [0.3, 0.4) is 0 Å². The van der Waals surface area contributed by atoms with Crippen molar-refractivity contribution in [2.24, 2.45) is 4.99 Å². The van der Waals surface area contributed by atoms with E-state index >= 15 is 0 Å². The van der Waals surface area contributed by atoms with Crippen molar-refractivity contribution in [2.45, 2.75) is 26.8 Å². The molecule has 0 saturated heterocycles. The molecule has 0 spiro atoms. The number of terminal acetylenes is 1. The number of nitrogens with zero attached hydrogens (tertiary/aromatic N) is 3. The molecule has 0 saturated carbocycles. The third-order valence-corrected chi connectivity index (χ3v) is 4.73. The molecular weight excluding hydrogens is 388 g/mol. The van der Waals surface area contributed by atoms with Crippen molar-refractivity contribution >= 4 is 28.6 Å². The number of rotatable bonds is 8. The second kappa shape index (κ2) is 10.8. The number of imidazole rings is 1. The first-order chi connectivity index (χ1) is 15.1. The number of para-hydroxylation sites is 2. The number of amides is 1. The SMILES string of the molecule is C#Cc1cccc(NC(=O)CN=C(NCC)NCCCn2c(C)nc3ccccc32)c1. The maximum atomic E-state index is 12.2. The van der Waals surface area contributed by atoms with Gasteiger partial charge < -0.3 is 20.5 Å². The highest BCUT2D eigenvalue weighted by atomic mass is 16.1. The van der Waals surface area contributed by atoms with Crippen LogP contribution < -0.4 is 16.0 Å². The van der Waals surface area contributed by atoms with E-state index in [1.807, 2.05) is 44.2 Å². The molecule has 0 aliphatic carbocycles. The molecule has 1 amide bonds. The van der Waals surface area contributed by atoms with Gasteiger partial charge in [0.1, 0.15) is 12.4 Å². The van der Waals surface area contributed by atoms with Crippen LogP contribution in [0.15, 0.2) is 53.5 Å². The van der Waals surface area contributed by atoms with Crippen LogP contribution in [0.5, 0.6) is 0 Å². The lowest BCUT2D eigenvalue weighted by atomic mass is 10.2. The van der Waals surface area contributed by atoms with Gasteiger partial charge in [-0.1, -0.05) is 24.1 Å². The average molecular weight is 417 g/mol. The first-order valence-corrected chi connectivity index (χ1v) is 10.4. The van der Waals surface area contributed by atoms with Crippen LogP contribution in [0, 0.1) is 19.3 Å². The van der Waals surface area contributed by atoms with E-state index < -0.39 is 0 Å². The smallest absolute Gasteiger partial charge is 0.246 e. The van der Waals surface area contributed by atoms with Crippen molar-refractivity contribution in [2.75, 3.05) is 25.0 Å². The summed E-state index contributed by atoms with van der Waals surface area (Å²) in [5.41, 5.74) is 3.54.